The van der Waals surface area contributed by atoms with E-state index in [-0.39, 0.29) is 39.2 Å². The standard InChI is InChI=1S/C19H17N3O7S3/c1-29-14-6-3-11(22-17(23)7-8-18(22)24)9-16(14)32(27,28)21-19-20-13-5-4-12(31(2,25)26)10-15(13)30-19/h3-6,9-10H,7-8H2,1-2H3,(H,20,21). The Hall–Kier alpha value is -3.03. The van der Waals surface area contributed by atoms with Gasteiger partial charge in [-0.1, -0.05) is 11.3 Å². The number of imide groups is 1. The lowest BCUT2D eigenvalue weighted by atomic mass is 10.2. The number of aromatic nitrogens is 1. The molecule has 2 amide bonds. The molecule has 1 aliphatic rings. The smallest absolute Gasteiger partial charge is 0.267 e. The zero-order valence-electron chi connectivity index (χ0n) is 16.9. The minimum Gasteiger partial charge on any atom is -0.495 e. The maximum absolute atomic E-state index is 13.1. The van der Waals surface area contributed by atoms with E-state index in [1.165, 1.54) is 43.5 Å². The van der Waals surface area contributed by atoms with Gasteiger partial charge in [0.2, 0.25) is 11.8 Å². The van der Waals surface area contributed by atoms with Crippen LogP contribution < -0.4 is 14.4 Å². The number of carbonyl (C=O) groups excluding carboxylic acids is 2. The lowest BCUT2D eigenvalue weighted by Crippen LogP contribution is -2.28. The molecule has 0 aliphatic carbocycles. The van der Waals surface area contributed by atoms with E-state index >= 15 is 0 Å². The fraction of sp³-hybridized carbons (Fsp3) is 0.211. The number of carbonyl (C=O) groups is 2. The number of anilines is 2. The first-order valence-electron chi connectivity index (χ1n) is 9.17. The van der Waals surface area contributed by atoms with Crippen molar-refractivity contribution in [2.24, 2.45) is 0 Å². The van der Waals surface area contributed by atoms with Crippen LogP contribution in [0.5, 0.6) is 5.75 Å². The Labute approximate surface area is 187 Å². The fourth-order valence-electron chi connectivity index (χ4n) is 3.23. The fourth-order valence-corrected chi connectivity index (χ4v) is 6.28. The van der Waals surface area contributed by atoms with Crippen LogP contribution in [0.15, 0.2) is 46.2 Å². The topological polar surface area (TPSA) is 140 Å². The molecule has 168 valence electrons. The van der Waals surface area contributed by atoms with Crippen molar-refractivity contribution in [1.29, 1.82) is 0 Å². The van der Waals surface area contributed by atoms with Crippen molar-refractivity contribution in [1.82, 2.24) is 4.98 Å². The summed E-state index contributed by atoms with van der Waals surface area (Å²) in [5, 5.41) is 0.0198. The number of ether oxygens (including phenoxy) is 1. The highest BCUT2D eigenvalue weighted by Gasteiger charge is 2.32. The number of sulfonamides is 1. The Balaban J connectivity index is 1.72. The minimum absolute atomic E-state index is 0.0146. The molecule has 0 atom stereocenters. The molecule has 10 nitrogen and oxygen atoms in total. The summed E-state index contributed by atoms with van der Waals surface area (Å²) >= 11 is 0.968. The maximum atomic E-state index is 13.1. The SMILES string of the molecule is COc1ccc(N2C(=O)CCC2=O)cc1S(=O)(=O)Nc1nc2ccc(S(C)(=O)=O)cc2s1. The van der Waals surface area contributed by atoms with Gasteiger partial charge in [0.15, 0.2) is 15.0 Å². The summed E-state index contributed by atoms with van der Waals surface area (Å²) in [6.07, 6.45) is 1.20. The molecular weight excluding hydrogens is 478 g/mol. The van der Waals surface area contributed by atoms with Gasteiger partial charge in [-0.25, -0.2) is 21.8 Å². The van der Waals surface area contributed by atoms with Gasteiger partial charge in [-0.15, -0.1) is 0 Å². The summed E-state index contributed by atoms with van der Waals surface area (Å²) in [7, 11) is -6.36. The average Bonchev–Trinajstić information content (AvgIpc) is 3.27. The predicted molar refractivity (Wildman–Crippen MR) is 118 cm³/mol. The van der Waals surface area contributed by atoms with E-state index in [4.69, 9.17) is 4.74 Å². The molecule has 0 spiro atoms. The number of nitrogens with one attached hydrogen (secondary N) is 1. The van der Waals surface area contributed by atoms with E-state index in [0.717, 1.165) is 22.5 Å². The van der Waals surface area contributed by atoms with Gasteiger partial charge >= 0.3 is 0 Å². The number of hydrogen-bond donors (Lipinski definition) is 1. The zero-order chi connectivity index (χ0) is 23.3. The molecule has 32 heavy (non-hydrogen) atoms. The third-order valence-electron chi connectivity index (χ3n) is 4.76. The Morgan fingerprint density at radius 2 is 1.72 bits per heavy atom. The first-order valence-corrected chi connectivity index (χ1v) is 13.4. The molecule has 1 saturated heterocycles. The summed E-state index contributed by atoms with van der Waals surface area (Å²) in [4.78, 5) is 29.1. The van der Waals surface area contributed by atoms with Crippen molar-refractivity contribution in [2.75, 3.05) is 23.0 Å². The number of thiazole rings is 1. The van der Waals surface area contributed by atoms with Gasteiger partial charge in [-0.2, -0.15) is 0 Å². The van der Waals surface area contributed by atoms with E-state index in [2.05, 4.69) is 9.71 Å². The van der Waals surface area contributed by atoms with Gasteiger partial charge in [0.25, 0.3) is 10.0 Å². The van der Waals surface area contributed by atoms with Crippen molar-refractivity contribution < 1.29 is 31.2 Å². The first-order chi connectivity index (χ1) is 15.0. The van der Waals surface area contributed by atoms with Crippen molar-refractivity contribution in [3.63, 3.8) is 0 Å². The van der Waals surface area contributed by atoms with Gasteiger partial charge in [0, 0.05) is 19.1 Å². The van der Waals surface area contributed by atoms with Crippen LogP contribution >= 0.6 is 11.3 Å². The lowest BCUT2D eigenvalue weighted by molar-refractivity contribution is -0.121. The number of hydrogen-bond acceptors (Lipinski definition) is 9. The van der Waals surface area contributed by atoms with Gasteiger partial charge in [0.1, 0.15) is 10.6 Å². The van der Waals surface area contributed by atoms with Gasteiger partial charge in [0.05, 0.1) is 27.9 Å². The molecule has 2 heterocycles. The minimum atomic E-state index is -4.22. The molecular formula is C19H17N3O7S3. The van der Waals surface area contributed by atoms with Gasteiger partial charge in [-0.05, 0) is 36.4 Å². The molecule has 1 N–H and O–H groups in total. The molecule has 1 aliphatic heterocycles. The normalized spacial score (nSPS) is 14.9. The number of amides is 2. The van der Waals surface area contributed by atoms with Crippen molar-refractivity contribution in [3.8, 4) is 5.75 Å². The number of fused-ring (bicyclic) bond motifs is 1. The van der Waals surface area contributed by atoms with Crippen molar-refractivity contribution in [3.05, 3.63) is 36.4 Å². The molecule has 3 aromatic rings. The van der Waals surface area contributed by atoms with Crippen LogP contribution in [-0.4, -0.2) is 47.0 Å². The number of methoxy groups -OCH3 is 1. The highest BCUT2D eigenvalue weighted by atomic mass is 32.2. The summed E-state index contributed by atoms with van der Waals surface area (Å²) in [5.74, 6) is -0.811. The van der Waals surface area contributed by atoms with E-state index in [0.29, 0.717) is 10.2 Å². The third kappa shape index (κ3) is 4.06. The molecule has 0 bridgehead atoms. The maximum Gasteiger partial charge on any atom is 0.267 e. The molecule has 4 rings (SSSR count). The second-order valence-corrected chi connectivity index (χ2v) is 11.7. The third-order valence-corrected chi connectivity index (χ3v) is 8.29. The van der Waals surface area contributed by atoms with E-state index in [1.807, 2.05) is 0 Å². The molecule has 0 radical (unpaired) electrons. The summed E-state index contributed by atoms with van der Waals surface area (Å²) < 4.78 is 57.7. The molecule has 1 aromatic heterocycles. The Morgan fingerprint density at radius 3 is 2.34 bits per heavy atom. The predicted octanol–water partition coefficient (Wildman–Crippen LogP) is 2.16. The van der Waals surface area contributed by atoms with Crippen LogP contribution in [-0.2, 0) is 29.4 Å². The molecule has 1 fully saturated rings. The largest absolute Gasteiger partial charge is 0.495 e. The van der Waals surface area contributed by atoms with Crippen LogP contribution in [0.1, 0.15) is 12.8 Å². The summed E-state index contributed by atoms with van der Waals surface area (Å²) in [5.41, 5.74) is 0.551. The number of sulfone groups is 1. The van der Waals surface area contributed by atoms with Crippen LogP contribution in [0, 0.1) is 0 Å². The zero-order valence-corrected chi connectivity index (χ0v) is 19.3. The van der Waals surface area contributed by atoms with E-state index in [9.17, 15) is 26.4 Å². The Bertz CT molecular complexity index is 1460. The van der Waals surface area contributed by atoms with E-state index in [1.54, 1.807) is 0 Å². The summed E-state index contributed by atoms with van der Waals surface area (Å²) in [6.45, 7) is 0. The quantitative estimate of drug-likeness (QED) is 0.513. The monoisotopic (exact) mass is 495 g/mol. The van der Waals surface area contributed by atoms with E-state index < -0.39 is 31.7 Å². The average molecular weight is 496 g/mol. The Morgan fingerprint density at radius 1 is 1.03 bits per heavy atom. The van der Waals surface area contributed by atoms with Crippen LogP contribution in [0.25, 0.3) is 10.2 Å². The highest BCUT2D eigenvalue weighted by Crippen LogP contribution is 2.34. The van der Waals surface area contributed by atoms with Crippen LogP contribution in [0.3, 0.4) is 0 Å². The number of nitrogens with zero attached hydrogens (tertiary/aromatic N) is 2. The summed E-state index contributed by atoms with van der Waals surface area (Å²) in [6, 6.07) is 8.30. The van der Waals surface area contributed by atoms with Crippen molar-refractivity contribution in [2.45, 2.75) is 22.6 Å². The Kier molecular flexibility index (Phi) is 5.43. The highest BCUT2D eigenvalue weighted by molar-refractivity contribution is 7.93. The molecule has 13 heteroatoms. The molecule has 0 saturated carbocycles. The van der Waals surface area contributed by atoms with Gasteiger partial charge in [-0.3, -0.25) is 19.2 Å². The molecule has 2 aromatic carbocycles. The van der Waals surface area contributed by atoms with Gasteiger partial charge < -0.3 is 4.74 Å². The molecule has 0 unspecified atom stereocenters. The second kappa shape index (κ2) is 7.83. The number of benzene rings is 2. The number of rotatable bonds is 6. The first kappa shape index (κ1) is 22.2. The second-order valence-electron chi connectivity index (χ2n) is 6.98. The lowest BCUT2D eigenvalue weighted by Gasteiger charge is -2.17. The van der Waals surface area contributed by atoms with Crippen LogP contribution in [0.4, 0.5) is 10.8 Å². The van der Waals surface area contributed by atoms with Crippen molar-refractivity contribution >= 4 is 64.0 Å². The van der Waals surface area contributed by atoms with Crippen LogP contribution in [0.2, 0.25) is 0 Å².